The minimum Gasteiger partial charge on any atom is -0.475 e. The van der Waals surface area contributed by atoms with E-state index in [0.29, 0.717) is 13.0 Å². The molecule has 0 fully saturated rings. The van der Waals surface area contributed by atoms with Crippen LogP contribution in [0.3, 0.4) is 0 Å². The lowest BCUT2D eigenvalue weighted by Crippen LogP contribution is -2.14. The molecule has 1 rings (SSSR count). The largest absolute Gasteiger partial charge is 0.475 e. The highest BCUT2D eigenvalue weighted by atomic mass is 19.4. The first-order chi connectivity index (χ1) is 8.86. The molecule has 0 aromatic carbocycles. The Bertz CT molecular complexity index is 407. The van der Waals surface area contributed by atoms with Crippen LogP contribution in [-0.2, 0) is 6.18 Å². The molecule has 0 bridgehead atoms. The van der Waals surface area contributed by atoms with Gasteiger partial charge in [0.05, 0.1) is 11.7 Å². The first-order valence-corrected chi connectivity index (χ1v) is 6.36. The maximum atomic E-state index is 12.8. The minimum absolute atomic E-state index is 0.00257. The molecule has 1 unspecified atom stereocenters. The first kappa shape index (κ1) is 15.6. The number of nitrogens with one attached hydrogen (secondary N) is 1. The molecule has 1 aromatic heterocycles. The number of nitrogens with zero attached hydrogens (tertiary/aromatic N) is 1. The predicted molar refractivity (Wildman–Crippen MR) is 68.4 cm³/mol. The highest BCUT2D eigenvalue weighted by Gasteiger charge is 2.32. The van der Waals surface area contributed by atoms with Gasteiger partial charge in [-0.25, -0.2) is 0 Å². The second-order valence-corrected chi connectivity index (χ2v) is 4.34. The fourth-order valence-electron chi connectivity index (χ4n) is 1.36. The number of hydrogen-bond acceptors (Lipinski definition) is 3. The third-order valence-electron chi connectivity index (χ3n) is 2.58. The van der Waals surface area contributed by atoms with Crippen molar-refractivity contribution in [3.05, 3.63) is 17.7 Å². The van der Waals surface area contributed by atoms with Crippen molar-refractivity contribution < 1.29 is 17.9 Å². The average Bonchev–Trinajstić information content (AvgIpc) is 2.34. The van der Waals surface area contributed by atoms with Crippen LogP contribution in [0.2, 0.25) is 0 Å². The van der Waals surface area contributed by atoms with E-state index in [4.69, 9.17) is 4.74 Å². The standard InChI is InChI=1S/C13H19F3N2O/c1-4-6-17-11-7-10(13(14,15)16)8-12(18-11)19-9(3)5-2/h7-9H,4-6H2,1-3H3,(H,17,18). The van der Waals surface area contributed by atoms with Crippen LogP contribution in [0.25, 0.3) is 0 Å². The van der Waals surface area contributed by atoms with E-state index in [0.717, 1.165) is 18.6 Å². The van der Waals surface area contributed by atoms with Gasteiger partial charge in [-0.3, -0.25) is 0 Å². The average molecular weight is 276 g/mol. The number of aromatic nitrogens is 1. The lowest BCUT2D eigenvalue weighted by molar-refractivity contribution is -0.137. The van der Waals surface area contributed by atoms with Crippen molar-refractivity contribution in [2.45, 2.75) is 45.9 Å². The Morgan fingerprint density at radius 1 is 1.32 bits per heavy atom. The van der Waals surface area contributed by atoms with Gasteiger partial charge >= 0.3 is 6.18 Å². The monoisotopic (exact) mass is 276 g/mol. The molecule has 0 aliphatic carbocycles. The number of hydrogen-bond donors (Lipinski definition) is 1. The lowest BCUT2D eigenvalue weighted by Gasteiger charge is -2.15. The zero-order valence-electron chi connectivity index (χ0n) is 11.3. The molecule has 1 aromatic rings. The quantitative estimate of drug-likeness (QED) is 0.849. The fourth-order valence-corrected chi connectivity index (χ4v) is 1.36. The van der Waals surface area contributed by atoms with Gasteiger partial charge in [0.2, 0.25) is 5.88 Å². The van der Waals surface area contributed by atoms with Crippen molar-refractivity contribution in [2.75, 3.05) is 11.9 Å². The molecular weight excluding hydrogens is 257 g/mol. The molecule has 0 saturated heterocycles. The molecule has 1 N–H and O–H groups in total. The summed E-state index contributed by atoms with van der Waals surface area (Å²) >= 11 is 0. The SMILES string of the molecule is CCCNc1cc(C(F)(F)F)cc(OC(C)CC)n1. The normalized spacial score (nSPS) is 13.2. The van der Waals surface area contributed by atoms with Crippen LogP contribution in [0.5, 0.6) is 5.88 Å². The van der Waals surface area contributed by atoms with E-state index in [1.54, 1.807) is 6.92 Å². The van der Waals surface area contributed by atoms with Crippen LogP contribution in [0, 0.1) is 0 Å². The fraction of sp³-hybridized carbons (Fsp3) is 0.615. The predicted octanol–water partition coefficient (Wildman–Crippen LogP) is 4.10. The topological polar surface area (TPSA) is 34.1 Å². The second kappa shape index (κ2) is 6.63. The highest BCUT2D eigenvalue weighted by molar-refractivity contribution is 5.42. The van der Waals surface area contributed by atoms with E-state index in [1.165, 1.54) is 0 Å². The minimum atomic E-state index is -4.40. The van der Waals surface area contributed by atoms with Crippen molar-refractivity contribution >= 4 is 5.82 Å². The van der Waals surface area contributed by atoms with E-state index < -0.39 is 11.7 Å². The first-order valence-electron chi connectivity index (χ1n) is 6.36. The van der Waals surface area contributed by atoms with Gasteiger partial charge in [0, 0.05) is 12.6 Å². The second-order valence-electron chi connectivity index (χ2n) is 4.34. The molecule has 0 radical (unpaired) electrons. The van der Waals surface area contributed by atoms with Gasteiger partial charge in [-0.15, -0.1) is 0 Å². The van der Waals surface area contributed by atoms with E-state index in [2.05, 4.69) is 10.3 Å². The maximum Gasteiger partial charge on any atom is 0.416 e. The molecular formula is C13H19F3N2O. The van der Waals surface area contributed by atoms with Gasteiger partial charge in [-0.1, -0.05) is 13.8 Å². The molecule has 0 aliphatic rings. The lowest BCUT2D eigenvalue weighted by atomic mass is 10.2. The molecule has 1 heterocycles. The van der Waals surface area contributed by atoms with Crippen molar-refractivity contribution in [1.29, 1.82) is 0 Å². The van der Waals surface area contributed by atoms with Crippen LogP contribution >= 0.6 is 0 Å². The summed E-state index contributed by atoms with van der Waals surface area (Å²) < 4.78 is 43.7. The maximum absolute atomic E-state index is 12.8. The molecule has 0 saturated carbocycles. The van der Waals surface area contributed by atoms with Crippen molar-refractivity contribution in [2.24, 2.45) is 0 Å². The Morgan fingerprint density at radius 3 is 2.53 bits per heavy atom. The molecule has 3 nitrogen and oxygen atoms in total. The zero-order chi connectivity index (χ0) is 14.5. The summed E-state index contributed by atoms with van der Waals surface area (Å²) in [5.74, 6) is 0.192. The summed E-state index contributed by atoms with van der Waals surface area (Å²) in [6, 6.07) is 1.93. The van der Waals surface area contributed by atoms with Crippen LogP contribution in [0.15, 0.2) is 12.1 Å². The van der Waals surface area contributed by atoms with E-state index in [-0.39, 0.29) is 17.8 Å². The Hall–Kier alpha value is -1.46. The Labute approximate surface area is 111 Å². The van der Waals surface area contributed by atoms with Crippen molar-refractivity contribution in [3.8, 4) is 5.88 Å². The Morgan fingerprint density at radius 2 is 2.00 bits per heavy atom. The number of pyridine rings is 1. The summed E-state index contributed by atoms with van der Waals surface area (Å²) in [6.07, 6.45) is -3.07. The van der Waals surface area contributed by atoms with Crippen molar-refractivity contribution in [3.63, 3.8) is 0 Å². The molecule has 0 spiro atoms. The summed E-state index contributed by atoms with van der Waals surface area (Å²) in [5, 5.41) is 2.85. The highest BCUT2D eigenvalue weighted by Crippen LogP contribution is 2.32. The van der Waals surface area contributed by atoms with Crippen molar-refractivity contribution in [1.82, 2.24) is 4.98 Å². The molecule has 0 aliphatic heterocycles. The molecule has 0 amide bonds. The van der Waals surface area contributed by atoms with Gasteiger partial charge < -0.3 is 10.1 Å². The van der Waals surface area contributed by atoms with E-state index >= 15 is 0 Å². The smallest absolute Gasteiger partial charge is 0.416 e. The summed E-state index contributed by atoms with van der Waals surface area (Å²) in [4.78, 5) is 4.04. The third kappa shape index (κ3) is 4.96. The summed E-state index contributed by atoms with van der Waals surface area (Å²) in [7, 11) is 0. The molecule has 19 heavy (non-hydrogen) atoms. The third-order valence-corrected chi connectivity index (χ3v) is 2.58. The number of ether oxygens (including phenoxy) is 1. The van der Waals surface area contributed by atoms with E-state index in [9.17, 15) is 13.2 Å². The van der Waals surface area contributed by atoms with Crippen LogP contribution in [-0.4, -0.2) is 17.6 Å². The van der Waals surface area contributed by atoms with Gasteiger partial charge in [0.25, 0.3) is 0 Å². The Kier molecular flexibility index (Phi) is 5.44. The molecule has 108 valence electrons. The van der Waals surface area contributed by atoms with Gasteiger partial charge in [-0.05, 0) is 25.8 Å². The number of rotatable bonds is 6. The van der Waals surface area contributed by atoms with Gasteiger partial charge in [0.15, 0.2) is 0 Å². The number of alkyl halides is 3. The number of anilines is 1. The van der Waals surface area contributed by atoms with Crippen LogP contribution in [0.4, 0.5) is 19.0 Å². The van der Waals surface area contributed by atoms with Crippen LogP contribution < -0.4 is 10.1 Å². The van der Waals surface area contributed by atoms with Gasteiger partial charge in [-0.2, -0.15) is 18.2 Å². The molecule has 6 heteroatoms. The Balaban J connectivity index is 3.02. The van der Waals surface area contributed by atoms with Gasteiger partial charge in [0.1, 0.15) is 5.82 Å². The summed E-state index contributed by atoms with van der Waals surface area (Å²) in [6.45, 7) is 6.18. The summed E-state index contributed by atoms with van der Waals surface area (Å²) in [5.41, 5.74) is -0.751. The zero-order valence-corrected chi connectivity index (χ0v) is 11.3. The van der Waals surface area contributed by atoms with E-state index in [1.807, 2.05) is 13.8 Å². The van der Waals surface area contributed by atoms with Crippen LogP contribution in [0.1, 0.15) is 39.2 Å². The molecule has 1 atom stereocenters. The number of halogens is 3.